The normalized spacial score (nSPS) is 18.4. The van der Waals surface area contributed by atoms with Crippen LogP contribution in [0.25, 0.3) is 11.0 Å². The second kappa shape index (κ2) is 7.86. The summed E-state index contributed by atoms with van der Waals surface area (Å²) in [4.78, 5) is 47.6. The lowest BCUT2D eigenvalue weighted by Crippen LogP contribution is -2.50. The molecule has 0 unspecified atom stereocenters. The number of alkyl halides is 2. The van der Waals surface area contributed by atoms with E-state index >= 15 is 0 Å². The van der Waals surface area contributed by atoms with E-state index in [0.29, 0.717) is 68.7 Å². The quantitative estimate of drug-likeness (QED) is 0.760. The van der Waals surface area contributed by atoms with Crippen LogP contribution in [0, 0.1) is 0 Å². The number of benzene rings is 1. The minimum Gasteiger partial charge on any atom is -0.337 e. The van der Waals surface area contributed by atoms with Gasteiger partial charge in [-0.25, -0.2) is 13.8 Å². The summed E-state index contributed by atoms with van der Waals surface area (Å²) in [7, 11) is 0. The summed E-state index contributed by atoms with van der Waals surface area (Å²) in [6.07, 6.45) is -2.11. The number of piperazine rings is 1. The van der Waals surface area contributed by atoms with Gasteiger partial charge in [-0.05, 0) is 18.2 Å². The zero-order valence-electron chi connectivity index (χ0n) is 15.7. The van der Waals surface area contributed by atoms with Gasteiger partial charge in [0.05, 0.1) is 11.0 Å². The zero-order valence-corrected chi connectivity index (χ0v) is 15.7. The molecule has 154 valence electrons. The summed E-state index contributed by atoms with van der Waals surface area (Å²) >= 11 is 0. The predicted octanol–water partition coefficient (Wildman–Crippen LogP) is 1.41. The van der Waals surface area contributed by atoms with Crippen molar-refractivity contribution in [3.63, 3.8) is 0 Å². The molecule has 2 fully saturated rings. The fourth-order valence-corrected chi connectivity index (χ4v) is 3.74. The van der Waals surface area contributed by atoms with Crippen LogP contribution in [0.4, 0.5) is 8.78 Å². The number of amides is 3. The van der Waals surface area contributed by atoms with Crippen LogP contribution in [0.15, 0.2) is 18.2 Å². The van der Waals surface area contributed by atoms with Crippen molar-refractivity contribution in [2.24, 2.45) is 0 Å². The van der Waals surface area contributed by atoms with Crippen molar-refractivity contribution in [2.45, 2.75) is 19.3 Å². The average Bonchev–Trinajstić information content (AvgIpc) is 3.29. The molecule has 1 aromatic carbocycles. The lowest BCUT2D eigenvalue weighted by molar-refractivity contribution is -0.138. The third kappa shape index (κ3) is 3.98. The smallest absolute Gasteiger partial charge is 0.295 e. The van der Waals surface area contributed by atoms with Gasteiger partial charge in [0.25, 0.3) is 12.3 Å². The van der Waals surface area contributed by atoms with Crippen LogP contribution in [-0.2, 0) is 9.59 Å². The number of nitrogens with zero attached hydrogens (tertiary/aromatic N) is 4. The first-order valence-corrected chi connectivity index (χ1v) is 9.55. The van der Waals surface area contributed by atoms with Gasteiger partial charge in [0.15, 0.2) is 5.82 Å². The van der Waals surface area contributed by atoms with Gasteiger partial charge in [-0.1, -0.05) is 0 Å². The second-order valence-electron chi connectivity index (χ2n) is 7.23. The molecular formula is C19H21F2N5O3. The number of hydrogen-bond acceptors (Lipinski definition) is 5. The van der Waals surface area contributed by atoms with Crippen molar-refractivity contribution >= 4 is 28.8 Å². The molecule has 0 aliphatic carbocycles. The van der Waals surface area contributed by atoms with Crippen LogP contribution < -0.4 is 0 Å². The van der Waals surface area contributed by atoms with E-state index in [0.717, 1.165) is 0 Å². The fourth-order valence-electron chi connectivity index (χ4n) is 3.74. The van der Waals surface area contributed by atoms with Crippen molar-refractivity contribution in [3.8, 4) is 0 Å². The van der Waals surface area contributed by atoms with Crippen molar-refractivity contribution < 1.29 is 23.2 Å². The van der Waals surface area contributed by atoms with Gasteiger partial charge in [-0.2, -0.15) is 0 Å². The van der Waals surface area contributed by atoms with E-state index in [-0.39, 0.29) is 17.7 Å². The maximum absolute atomic E-state index is 12.8. The van der Waals surface area contributed by atoms with Crippen LogP contribution in [0.1, 0.15) is 35.4 Å². The summed E-state index contributed by atoms with van der Waals surface area (Å²) < 4.78 is 25.6. The topological polar surface area (TPSA) is 89.6 Å². The Kier molecular flexibility index (Phi) is 5.27. The van der Waals surface area contributed by atoms with Crippen molar-refractivity contribution in [3.05, 3.63) is 29.6 Å². The Hall–Kier alpha value is -2.88. The highest BCUT2D eigenvalue weighted by Crippen LogP contribution is 2.21. The molecule has 2 aromatic rings. The molecule has 0 bridgehead atoms. The Bertz CT molecular complexity index is 936. The Morgan fingerprint density at radius 3 is 2.41 bits per heavy atom. The second-order valence-corrected chi connectivity index (χ2v) is 7.23. The first-order chi connectivity index (χ1) is 13.9. The highest BCUT2D eigenvalue weighted by atomic mass is 19.3. The van der Waals surface area contributed by atoms with Crippen molar-refractivity contribution in [1.82, 2.24) is 24.7 Å². The lowest BCUT2D eigenvalue weighted by Gasteiger charge is -2.35. The minimum atomic E-state index is -2.69. The minimum absolute atomic E-state index is 0.118. The average molecular weight is 405 g/mol. The van der Waals surface area contributed by atoms with Gasteiger partial charge in [-0.3, -0.25) is 24.2 Å². The van der Waals surface area contributed by atoms with E-state index in [1.807, 2.05) is 0 Å². The molecule has 0 radical (unpaired) electrons. The number of aromatic amines is 1. The molecule has 29 heavy (non-hydrogen) atoms. The maximum Gasteiger partial charge on any atom is 0.295 e. The van der Waals surface area contributed by atoms with Crippen molar-refractivity contribution in [2.75, 3.05) is 39.3 Å². The number of carbonyl (C=O) groups is 3. The van der Waals surface area contributed by atoms with E-state index in [1.54, 1.807) is 23.1 Å². The Labute approximate surface area is 165 Å². The molecule has 8 nitrogen and oxygen atoms in total. The molecule has 3 heterocycles. The molecule has 3 amide bonds. The summed E-state index contributed by atoms with van der Waals surface area (Å²) in [5.41, 5.74) is 1.22. The zero-order chi connectivity index (χ0) is 20.5. The molecule has 0 atom stereocenters. The molecule has 10 heteroatoms. The van der Waals surface area contributed by atoms with E-state index in [9.17, 15) is 23.2 Å². The monoisotopic (exact) mass is 405 g/mol. The first kappa shape index (κ1) is 19.4. The summed E-state index contributed by atoms with van der Waals surface area (Å²) in [5, 5.41) is 0. The van der Waals surface area contributed by atoms with Crippen LogP contribution >= 0.6 is 0 Å². The number of hydrogen-bond donors (Lipinski definition) is 1. The number of H-pyrrole nitrogens is 1. The summed E-state index contributed by atoms with van der Waals surface area (Å²) in [6, 6.07) is 4.70. The van der Waals surface area contributed by atoms with E-state index in [4.69, 9.17) is 0 Å². The van der Waals surface area contributed by atoms with Gasteiger partial charge in [0.1, 0.15) is 0 Å². The fraction of sp³-hybridized carbons (Fsp3) is 0.474. The number of nitrogens with one attached hydrogen (secondary N) is 1. The Balaban J connectivity index is 1.33. The first-order valence-electron chi connectivity index (χ1n) is 9.55. The third-order valence-corrected chi connectivity index (χ3v) is 5.41. The Morgan fingerprint density at radius 1 is 1.07 bits per heavy atom. The van der Waals surface area contributed by atoms with Crippen molar-refractivity contribution in [1.29, 1.82) is 0 Å². The molecule has 1 aromatic heterocycles. The number of carbonyl (C=O) groups excluding carboxylic acids is 3. The molecule has 0 saturated carbocycles. The number of likely N-dealkylation sites (tertiary alicyclic amines) is 1. The van der Waals surface area contributed by atoms with Crippen LogP contribution in [0.2, 0.25) is 0 Å². The van der Waals surface area contributed by atoms with Crippen LogP contribution in [0.3, 0.4) is 0 Å². The van der Waals surface area contributed by atoms with Gasteiger partial charge in [0, 0.05) is 57.7 Å². The number of rotatable bonds is 5. The highest BCUT2D eigenvalue weighted by molar-refractivity contribution is 6.02. The van der Waals surface area contributed by atoms with E-state index in [2.05, 4.69) is 14.9 Å². The van der Waals surface area contributed by atoms with E-state index < -0.39 is 12.2 Å². The van der Waals surface area contributed by atoms with Gasteiger partial charge in [-0.15, -0.1) is 0 Å². The number of fused-ring (bicyclic) bond motifs is 1. The molecule has 0 spiro atoms. The standard InChI is InChI=1S/C19H21F2N5O3/c20-17(21)18-22-13-2-1-12(11-14(13)23-18)19(29)25-8-5-24(6-9-25)7-10-26-15(27)3-4-16(26)28/h1-2,11,17H,3-10H2,(H,22,23). The van der Waals surface area contributed by atoms with E-state index in [1.165, 1.54) is 4.90 Å². The largest absolute Gasteiger partial charge is 0.337 e. The number of halogens is 2. The van der Waals surface area contributed by atoms with Crippen LogP contribution in [-0.4, -0.2) is 81.7 Å². The molecule has 2 aliphatic heterocycles. The maximum atomic E-state index is 12.8. The van der Waals surface area contributed by atoms with Gasteiger partial charge in [0.2, 0.25) is 11.8 Å². The summed E-state index contributed by atoms with van der Waals surface area (Å²) in [6.45, 7) is 3.30. The van der Waals surface area contributed by atoms with Gasteiger partial charge >= 0.3 is 0 Å². The highest BCUT2D eigenvalue weighted by Gasteiger charge is 2.29. The number of imide groups is 1. The van der Waals surface area contributed by atoms with Gasteiger partial charge < -0.3 is 9.88 Å². The Morgan fingerprint density at radius 2 is 1.76 bits per heavy atom. The molecular weight excluding hydrogens is 384 g/mol. The third-order valence-electron chi connectivity index (χ3n) is 5.41. The molecule has 2 saturated heterocycles. The lowest BCUT2D eigenvalue weighted by atomic mass is 10.1. The summed E-state index contributed by atoms with van der Waals surface area (Å²) in [5.74, 6) is -0.807. The predicted molar refractivity (Wildman–Crippen MR) is 99.3 cm³/mol. The molecule has 1 N–H and O–H groups in total. The number of imidazole rings is 1. The SMILES string of the molecule is O=C(c1ccc2nc(C(F)F)[nH]c2c1)N1CCN(CCN2C(=O)CCC2=O)CC1. The van der Waals surface area contributed by atoms with Crippen LogP contribution in [0.5, 0.6) is 0 Å². The molecule has 2 aliphatic rings. The number of aromatic nitrogens is 2. The molecule has 4 rings (SSSR count).